The molecule has 1 aromatic rings. The molecule has 3 heteroatoms. The first-order chi connectivity index (χ1) is 7.72. The molecule has 0 radical (unpaired) electrons. The van der Waals surface area contributed by atoms with Gasteiger partial charge in [0.15, 0.2) is 0 Å². The molecule has 0 aliphatic rings. The number of hydrogen-bond acceptors (Lipinski definition) is 2. The van der Waals surface area contributed by atoms with Crippen molar-refractivity contribution in [3.05, 3.63) is 29.8 Å². The zero-order valence-electron chi connectivity index (χ0n) is 10.1. The molecule has 0 unspecified atom stereocenters. The zero-order valence-corrected chi connectivity index (χ0v) is 10.1. The molecular formula is C13H19NO2. The first-order valence-corrected chi connectivity index (χ1v) is 5.71. The van der Waals surface area contributed by atoms with Gasteiger partial charge in [-0.2, -0.15) is 0 Å². The maximum absolute atomic E-state index is 11.2. The van der Waals surface area contributed by atoms with Crippen LogP contribution < -0.4 is 10.1 Å². The van der Waals surface area contributed by atoms with Gasteiger partial charge >= 0.3 is 6.09 Å². The van der Waals surface area contributed by atoms with Gasteiger partial charge in [0.1, 0.15) is 5.75 Å². The van der Waals surface area contributed by atoms with E-state index in [2.05, 4.69) is 19.2 Å². The Morgan fingerprint density at radius 3 is 2.50 bits per heavy atom. The number of carbonyl (C=O) groups excluding carboxylic acids is 1. The summed E-state index contributed by atoms with van der Waals surface area (Å²) >= 11 is 0. The number of carbonyl (C=O) groups is 1. The van der Waals surface area contributed by atoms with Crippen LogP contribution in [0.5, 0.6) is 5.75 Å². The van der Waals surface area contributed by atoms with Crippen LogP contribution in [0.2, 0.25) is 0 Å². The van der Waals surface area contributed by atoms with Crippen molar-refractivity contribution in [1.82, 2.24) is 5.32 Å². The molecule has 0 atom stereocenters. The molecule has 0 saturated heterocycles. The molecule has 1 N–H and O–H groups in total. The number of benzene rings is 1. The Hall–Kier alpha value is -1.51. The zero-order chi connectivity index (χ0) is 12.0. The summed E-state index contributed by atoms with van der Waals surface area (Å²) in [5, 5.41) is 2.45. The fourth-order valence-corrected chi connectivity index (χ4v) is 1.79. The molecule has 3 nitrogen and oxygen atoms in total. The monoisotopic (exact) mass is 221 g/mol. The van der Waals surface area contributed by atoms with Crippen molar-refractivity contribution in [1.29, 1.82) is 0 Å². The van der Waals surface area contributed by atoms with Gasteiger partial charge in [-0.1, -0.05) is 32.0 Å². The molecular weight excluding hydrogens is 202 g/mol. The first kappa shape index (κ1) is 12.6. The third-order valence-corrected chi connectivity index (χ3v) is 2.75. The lowest BCUT2D eigenvalue weighted by Gasteiger charge is -2.16. The lowest BCUT2D eigenvalue weighted by Crippen LogP contribution is -2.22. The minimum atomic E-state index is -0.418. The molecule has 1 rings (SSSR count). The molecule has 0 spiro atoms. The van der Waals surface area contributed by atoms with E-state index in [0.717, 1.165) is 18.4 Å². The van der Waals surface area contributed by atoms with Crippen LogP contribution in [0.3, 0.4) is 0 Å². The van der Waals surface area contributed by atoms with E-state index in [4.69, 9.17) is 4.74 Å². The van der Waals surface area contributed by atoms with Gasteiger partial charge in [0.2, 0.25) is 0 Å². The van der Waals surface area contributed by atoms with Gasteiger partial charge in [-0.25, -0.2) is 4.79 Å². The fraction of sp³-hybridized carbons (Fsp3) is 0.462. The summed E-state index contributed by atoms with van der Waals surface area (Å²) in [6, 6.07) is 7.72. The quantitative estimate of drug-likeness (QED) is 0.847. The van der Waals surface area contributed by atoms with Crippen LogP contribution in [0.1, 0.15) is 38.2 Å². The average molecular weight is 221 g/mol. The van der Waals surface area contributed by atoms with Gasteiger partial charge < -0.3 is 10.1 Å². The molecule has 0 aliphatic carbocycles. The predicted molar refractivity (Wildman–Crippen MR) is 64.8 cm³/mol. The van der Waals surface area contributed by atoms with Crippen LogP contribution in [0.15, 0.2) is 24.3 Å². The predicted octanol–water partition coefficient (Wildman–Crippen LogP) is 3.31. The van der Waals surface area contributed by atoms with Crippen molar-refractivity contribution in [3.63, 3.8) is 0 Å². The highest BCUT2D eigenvalue weighted by Crippen LogP contribution is 2.31. The number of para-hydroxylation sites is 1. The van der Waals surface area contributed by atoms with E-state index in [1.54, 1.807) is 7.05 Å². The Labute approximate surface area is 96.8 Å². The molecule has 0 fully saturated rings. The van der Waals surface area contributed by atoms with Crippen LogP contribution >= 0.6 is 0 Å². The SMILES string of the molecule is CCC(CC)c1ccccc1OC(=O)NC. The smallest absolute Gasteiger partial charge is 0.410 e. The van der Waals surface area contributed by atoms with Gasteiger partial charge in [-0.05, 0) is 30.4 Å². The van der Waals surface area contributed by atoms with Crippen LogP contribution in [-0.4, -0.2) is 13.1 Å². The Morgan fingerprint density at radius 1 is 1.31 bits per heavy atom. The van der Waals surface area contributed by atoms with E-state index in [0.29, 0.717) is 11.7 Å². The molecule has 0 bridgehead atoms. The van der Waals surface area contributed by atoms with Crippen molar-refractivity contribution in [2.24, 2.45) is 0 Å². The van der Waals surface area contributed by atoms with Crippen LogP contribution in [0, 0.1) is 0 Å². The molecule has 88 valence electrons. The van der Waals surface area contributed by atoms with Crippen LogP contribution in [0.25, 0.3) is 0 Å². The number of ether oxygens (including phenoxy) is 1. The average Bonchev–Trinajstić information content (AvgIpc) is 2.32. The van der Waals surface area contributed by atoms with Gasteiger partial charge in [0, 0.05) is 7.05 Å². The molecule has 1 amide bonds. The second kappa shape index (κ2) is 6.16. The van der Waals surface area contributed by atoms with Crippen molar-refractivity contribution in [2.75, 3.05) is 7.05 Å². The van der Waals surface area contributed by atoms with Crippen molar-refractivity contribution in [3.8, 4) is 5.75 Å². The second-order valence-corrected chi connectivity index (χ2v) is 3.69. The van der Waals surface area contributed by atoms with Gasteiger partial charge in [-0.3, -0.25) is 0 Å². The molecule has 0 aliphatic heterocycles. The summed E-state index contributed by atoms with van der Waals surface area (Å²) < 4.78 is 5.23. The van der Waals surface area contributed by atoms with Crippen molar-refractivity contribution < 1.29 is 9.53 Å². The van der Waals surface area contributed by atoms with E-state index in [-0.39, 0.29) is 0 Å². The van der Waals surface area contributed by atoms with Crippen LogP contribution in [0.4, 0.5) is 4.79 Å². The lowest BCUT2D eigenvalue weighted by molar-refractivity contribution is 0.202. The Bertz CT molecular complexity index is 346. The Kier molecular flexibility index (Phi) is 4.83. The summed E-state index contributed by atoms with van der Waals surface area (Å²) in [5.74, 6) is 1.11. The van der Waals surface area contributed by atoms with Gasteiger partial charge in [-0.15, -0.1) is 0 Å². The largest absolute Gasteiger partial charge is 0.412 e. The van der Waals surface area contributed by atoms with E-state index in [1.165, 1.54) is 0 Å². The highest BCUT2D eigenvalue weighted by atomic mass is 16.6. The van der Waals surface area contributed by atoms with E-state index in [9.17, 15) is 4.79 Å². The summed E-state index contributed by atoms with van der Waals surface area (Å²) in [6.07, 6.45) is 1.67. The highest BCUT2D eigenvalue weighted by Gasteiger charge is 2.14. The van der Waals surface area contributed by atoms with Gasteiger partial charge in [0.05, 0.1) is 0 Å². The fourth-order valence-electron chi connectivity index (χ4n) is 1.79. The normalized spacial score (nSPS) is 10.2. The van der Waals surface area contributed by atoms with Crippen molar-refractivity contribution in [2.45, 2.75) is 32.6 Å². The number of hydrogen-bond donors (Lipinski definition) is 1. The Morgan fingerprint density at radius 2 is 1.94 bits per heavy atom. The lowest BCUT2D eigenvalue weighted by atomic mass is 9.93. The summed E-state index contributed by atoms with van der Waals surface area (Å²) in [7, 11) is 1.56. The number of nitrogens with one attached hydrogen (secondary N) is 1. The molecule has 16 heavy (non-hydrogen) atoms. The van der Waals surface area contributed by atoms with Gasteiger partial charge in [0.25, 0.3) is 0 Å². The third kappa shape index (κ3) is 2.99. The second-order valence-electron chi connectivity index (χ2n) is 3.69. The molecule has 0 heterocycles. The summed E-state index contributed by atoms with van der Waals surface area (Å²) in [5.41, 5.74) is 1.11. The molecule has 0 aromatic heterocycles. The molecule has 1 aromatic carbocycles. The molecule has 0 saturated carbocycles. The van der Waals surface area contributed by atoms with E-state index >= 15 is 0 Å². The number of amides is 1. The topological polar surface area (TPSA) is 38.3 Å². The maximum atomic E-state index is 11.2. The highest BCUT2D eigenvalue weighted by molar-refractivity contribution is 5.70. The Balaban J connectivity index is 2.94. The maximum Gasteiger partial charge on any atom is 0.412 e. The summed E-state index contributed by atoms with van der Waals surface area (Å²) in [4.78, 5) is 11.2. The first-order valence-electron chi connectivity index (χ1n) is 5.71. The van der Waals surface area contributed by atoms with Crippen LogP contribution in [-0.2, 0) is 0 Å². The number of rotatable bonds is 4. The standard InChI is InChI=1S/C13H19NO2/c1-4-10(5-2)11-8-6-7-9-12(11)16-13(15)14-3/h6-10H,4-5H2,1-3H3,(H,14,15). The third-order valence-electron chi connectivity index (χ3n) is 2.75. The van der Waals surface area contributed by atoms with E-state index in [1.807, 2.05) is 24.3 Å². The minimum absolute atomic E-state index is 0.418. The summed E-state index contributed by atoms with van der Waals surface area (Å²) in [6.45, 7) is 4.29. The minimum Gasteiger partial charge on any atom is -0.410 e. The van der Waals surface area contributed by atoms with Crippen molar-refractivity contribution >= 4 is 6.09 Å². The van der Waals surface area contributed by atoms with E-state index < -0.39 is 6.09 Å².